The van der Waals surface area contributed by atoms with E-state index in [-0.39, 0.29) is 11.5 Å². The van der Waals surface area contributed by atoms with Crippen LogP contribution < -0.4 is 4.74 Å². The Balaban J connectivity index is 1.89. The van der Waals surface area contributed by atoms with Crippen molar-refractivity contribution in [3.63, 3.8) is 0 Å². The fraction of sp³-hybridized carbons (Fsp3) is 0.286. The topological polar surface area (TPSA) is 49.8 Å². The van der Waals surface area contributed by atoms with E-state index in [0.717, 1.165) is 24.9 Å². The predicted octanol–water partition coefficient (Wildman–Crippen LogP) is 4.24. The summed E-state index contributed by atoms with van der Waals surface area (Å²) in [7, 11) is 2.01. The van der Waals surface area contributed by atoms with Gasteiger partial charge in [0, 0.05) is 6.54 Å². The first-order chi connectivity index (χ1) is 12.1. The Morgan fingerprint density at radius 2 is 1.92 bits per heavy atom. The van der Waals surface area contributed by atoms with Gasteiger partial charge in [-0.15, -0.1) is 0 Å². The van der Waals surface area contributed by atoms with Gasteiger partial charge >= 0.3 is 0 Å². The third-order valence-electron chi connectivity index (χ3n) is 4.33. The fourth-order valence-electron chi connectivity index (χ4n) is 2.93. The van der Waals surface area contributed by atoms with Crippen LogP contribution in [0.1, 0.15) is 41.3 Å². The molecule has 0 radical (unpaired) electrons. The molecule has 0 aromatic heterocycles. The van der Waals surface area contributed by atoms with Crippen LogP contribution in [0.25, 0.3) is 6.08 Å². The van der Waals surface area contributed by atoms with E-state index in [1.807, 2.05) is 37.4 Å². The zero-order valence-electron chi connectivity index (χ0n) is 14.7. The molecule has 25 heavy (non-hydrogen) atoms. The number of Topliss-reactive ketones (excluding diaryl/α,β-unsaturated/α-hetero) is 1. The van der Waals surface area contributed by atoms with Gasteiger partial charge in [-0.25, -0.2) is 0 Å². The van der Waals surface area contributed by atoms with Crippen LogP contribution in [-0.2, 0) is 6.54 Å². The van der Waals surface area contributed by atoms with Crippen LogP contribution in [0.3, 0.4) is 0 Å². The second kappa shape index (κ2) is 7.53. The van der Waals surface area contributed by atoms with E-state index >= 15 is 0 Å². The van der Waals surface area contributed by atoms with Crippen LogP contribution >= 0.6 is 0 Å². The number of phenols is 1. The van der Waals surface area contributed by atoms with Gasteiger partial charge in [-0.1, -0.05) is 43.7 Å². The number of fused-ring (bicyclic) bond motifs is 1. The van der Waals surface area contributed by atoms with Crippen molar-refractivity contribution in [3.8, 4) is 11.5 Å². The third kappa shape index (κ3) is 3.74. The average molecular weight is 337 g/mol. The Bertz CT molecular complexity index is 796. The minimum atomic E-state index is -0.142. The number of ketones is 1. The van der Waals surface area contributed by atoms with Gasteiger partial charge in [-0.2, -0.15) is 0 Å². The zero-order valence-corrected chi connectivity index (χ0v) is 14.7. The second-order valence-corrected chi connectivity index (χ2v) is 6.38. The van der Waals surface area contributed by atoms with E-state index in [1.165, 1.54) is 0 Å². The number of unbranched alkanes of at least 4 members (excludes halogenated alkanes) is 1. The smallest absolute Gasteiger partial charge is 0.231 e. The molecule has 0 saturated carbocycles. The normalized spacial score (nSPS) is 14.8. The number of carbonyl (C=O) groups is 1. The standard InChI is InChI=1S/C21H23NO3/c1-3-4-12-22(2)14-17-18(23)11-10-16-20(24)19(25-21(16)17)13-15-8-6-5-7-9-15/h5-11,13,23H,3-4,12,14H2,1-2H3/b19-13-. The summed E-state index contributed by atoms with van der Waals surface area (Å²) < 4.78 is 5.87. The number of rotatable bonds is 6. The Morgan fingerprint density at radius 3 is 2.64 bits per heavy atom. The van der Waals surface area contributed by atoms with Gasteiger partial charge in [-0.05, 0) is 43.8 Å². The lowest BCUT2D eigenvalue weighted by atomic mass is 10.0. The molecule has 3 rings (SSSR count). The molecule has 0 unspecified atom stereocenters. The molecular formula is C21H23NO3. The lowest BCUT2D eigenvalue weighted by molar-refractivity contribution is 0.101. The summed E-state index contributed by atoms with van der Waals surface area (Å²) in [5.74, 6) is 0.798. The predicted molar refractivity (Wildman–Crippen MR) is 98.7 cm³/mol. The van der Waals surface area contributed by atoms with E-state index < -0.39 is 0 Å². The monoisotopic (exact) mass is 337 g/mol. The zero-order chi connectivity index (χ0) is 17.8. The highest BCUT2D eigenvalue weighted by Gasteiger charge is 2.31. The average Bonchev–Trinajstić information content (AvgIpc) is 2.93. The maximum atomic E-state index is 12.6. The van der Waals surface area contributed by atoms with Crippen molar-refractivity contribution in [2.45, 2.75) is 26.3 Å². The van der Waals surface area contributed by atoms with Gasteiger partial charge in [0.15, 0.2) is 5.76 Å². The number of benzene rings is 2. The summed E-state index contributed by atoms with van der Waals surface area (Å²) in [6.45, 7) is 3.62. The van der Waals surface area contributed by atoms with Gasteiger partial charge in [0.2, 0.25) is 5.78 Å². The molecule has 1 heterocycles. The molecule has 0 aliphatic carbocycles. The molecule has 1 N–H and O–H groups in total. The van der Waals surface area contributed by atoms with Gasteiger partial charge in [0.1, 0.15) is 11.5 Å². The number of carbonyl (C=O) groups excluding carboxylic acids is 1. The summed E-state index contributed by atoms with van der Waals surface area (Å²) in [4.78, 5) is 14.8. The first-order valence-electron chi connectivity index (χ1n) is 8.63. The van der Waals surface area contributed by atoms with E-state index in [9.17, 15) is 9.90 Å². The summed E-state index contributed by atoms with van der Waals surface area (Å²) in [6, 6.07) is 12.8. The van der Waals surface area contributed by atoms with E-state index in [1.54, 1.807) is 18.2 Å². The molecule has 2 aromatic rings. The summed E-state index contributed by atoms with van der Waals surface area (Å²) in [5, 5.41) is 10.3. The lowest BCUT2D eigenvalue weighted by Crippen LogP contribution is -2.19. The Morgan fingerprint density at radius 1 is 1.16 bits per heavy atom. The number of aromatic hydroxyl groups is 1. The van der Waals surface area contributed by atoms with Crippen LogP contribution in [-0.4, -0.2) is 29.4 Å². The molecule has 0 saturated heterocycles. The molecule has 0 atom stereocenters. The molecule has 4 nitrogen and oxygen atoms in total. The third-order valence-corrected chi connectivity index (χ3v) is 4.33. The summed E-state index contributed by atoms with van der Waals surface area (Å²) in [5.41, 5.74) is 2.09. The van der Waals surface area contributed by atoms with Crippen LogP contribution in [0.5, 0.6) is 11.5 Å². The van der Waals surface area contributed by atoms with E-state index in [2.05, 4.69) is 11.8 Å². The maximum absolute atomic E-state index is 12.6. The number of nitrogens with zero attached hydrogens (tertiary/aromatic N) is 1. The Kier molecular flexibility index (Phi) is 5.19. The van der Waals surface area contributed by atoms with Crippen molar-refractivity contribution in [1.29, 1.82) is 0 Å². The van der Waals surface area contributed by atoms with Crippen LogP contribution in [0, 0.1) is 0 Å². The van der Waals surface area contributed by atoms with Crippen molar-refractivity contribution in [3.05, 3.63) is 64.9 Å². The lowest BCUT2D eigenvalue weighted by Gasteiger charge is -2.18. The number of allylic oxidation sites excluding steroid dienone is 1. The first kappa shape index (κ1) is 17.2. The van der Waals surface area contributed by atoms with Gasteiger partial charge in [0.25, 0.3) is 0 Å². The molecule has 130 valence electrons. The molecule has 1 aliphatic rings. The molecule has 0 amide bonds. The van der Waals surface area contributed by atoms with Crippen molar-refractivity contribution in [2.75, 3.05) is 13.6 Å². The fourth-order valence-corrected chi connectivity index (χ4v) is 2.93. The number of hydrogen-bond acceptors (Lipinski definition) is 4. The van der Waals surface area contributed by atoms with Crippen molar-refractivity contribution in [1.82, 2.24) is 4.90 Å². The largest absolute Gasteiger partial charge is 0.507 e. The molecule has 0 fully saturated rings. The van der Waals surface area contributed by atoms with Gasteiger partial charge in [-0.3, -0.25) is 4.79 Å². The molecule has 1 aliphatic heterocycles. The van der Waals surface area contributed by atoms with E-state index in [0.29, 0.717) is 29.2 Å². The quantitative estimate of drug-likeness (QED) is 0.801. The van der Waals surface area contributed by atoms with Crippen LogP contribution in [0.15, 0.2) is 48.2 Å². The maximum Gasteiger partial charge on any atom is 0.231 e. The van der Waals surface area contributed by atoms with Crippen LogP contribution in [0.2, 0.25) is 0 Å². The number of hydrogen-bond donors (Lipinski definition) is 1. The highest BCUT2D eigenvalue weighted by Crippen LogP contribution is 2.40. The van der Waals surface area contributed by atoms with Gasteiger partial charge in [0.05, 0.1) is 11.1 Å². The minimum Gasteiger partial charge on any atom is -0.507 e. The summed E-state index contributed by atoms with van der Waals surface area (Å²) in [6.07, 6.45) is 3.94. The molecule has 2 aromatic carbocycles. The first-order valence-corrected chi connectivity index (χ1v) is 8.63. The second-order valence-electron chi connectivity index (χ2n) is 6.38. The molecule has 4 heteroatoms. The van der Waals surface area contributed by atoms with Gasteiger partial charge < -0.3 is 14.7 Å². The van der Waals surface area contributed by atoms with Crippen molar-refractivity contribution >= 4 is 11.9 Å². The SMILES string of the molecule is CCCCN(C)Cc1c(O)ccc2c1O/C(=C\c1ccccc1)C2=O. The minimum absolute atomic E-state index is 0.142. The van der Waals surface area contributed by atoms with Crippen molar-refractivity contribution < 1.29 is 14.6 Å². The molecule has 0 bridgehead atoms. The van der Waals surface area contributed by atoms with Crippen LogP contribution in [0.4, 0.5) is 0 Å². The molecule has 0 spiro atoms. The molecular weight excluding hydrogens is 314 g/mol. The Labute approximate surface area is 148 Å². The number of phenolic OH excluding ortho intramolecular Hbond substituents is 1. The highest BCUT2D eigenvalue weighted by molar-refractivity contribution is 6.14. The van der Waals surface area contributed by atoms with Crippen molar-refractivity contribution in [2.24, 2.45) is 0 Å². The Hall–Kier alpha value is -2.59. The highest BCUT2D eigenvalue weighted by atomic mass is 16.5. The number of ether oxygens (including phenoxy) is 1. The summed E-state index contributed by atoms with van der Waals surface area (Å²) >= 11 is 0. The van der Waals surface area contributed by atoms with E-state index in [4.69, 9.17) is 4.74 Å².